The molecule has 0 fully saturated rings. The minimum atomic E-state index is 0.0738. The maximum absolute atomic E-state index is 11.4. The average Bonchev–Trinajstić information content (AvgIpc) is 2.48. The van der Waals surface area contributed by atoms with Crippen LogP contribution in [0.1, 0.15) is 61.0 Å². The van der Waals surface area contributed by atoms with Crippen molar-refractivity contribution in [3.05, 3.63) is 29.8 Å². The fourth-order valence-corrected chi connectivity index (χ4v) is 3.65. The van der Waals surface area contributed by atoms with Crippen LogP contribution in [-0.4, -0.2) is 21.2 Å². The first-order chi connectivity index (χ1) is 11.1. The molecule has 1 rings (SSSR count). The van der Waals surface area contributed by atoms with E-state index in [-0.39, 0.29) is 15.9 Å². The summed E-state index contributed by atoms with van der Waals surface area (Å²) in [5.41, 5.74) is 2.07. The lowest BCUT2D eigenvalue weighted by molar-refractivity contribution is -0.116. The molecule has 0 aliphatic heterocycles. The molecule has 4 heteroatoms. The second kappa shape index (κ2) is 10.3. The van der Waals surface area contributed by atoms with E-state index in [9.17, 15) is 4.79 Å². The molecule has 0 aliphatic carbocycles. The van der Waals surface area contributed by atoms with E-state index in [0.29, 0.717) is 6.42 Å². The number of para-hydroxylation sites is 1. The van der Waals surface area contributed by atoms with Gasteiger partial charge in [0.1, 0.15) is 10.2 Å². The summed E-state index contributed by atoms with van der Waals surface area (Å²) in [4.78, 5) is 16.2. The van der Waals surface area contributed by atoms with Gasteiger partial charge in [0, 0.05) is 11.2 Å². The highest BCUT2D eigenvalue weighted by atomic mass is 32.2. The number of nitrogens with zero attached hydrogens (tertiary/aromatic N) is 1. The molecular weight excluding hydrogens is 334 g/mol. The monoisotopic (exact) mass is 367 g/mol. The van der Waals surface area contributed by atoms with Gasteiger partial charge < -0.3 is 0 Å². The molecule has 0 saturated heterocycles. The normalized spacial score (nSPS) is 12.5. The van der Waals surface area contributed by atoms with E-state index in [2.05, 4.69) is 40.9 Å². The number of carbonyl (C=O) groups excluding carboxylic acids is 1. The summed E-state index contributed by atoms with van der Waals surface area (Å²) in [7, 11) is 0. The number of hydrogen-bond acceptors (Lipinski definition) is 4. The molecular formula is C20H33NOS2. The van der Waals surface area contributed by atoms with Crippen LogP contribution in [0.3, 0.4) is 0 Å². The van der Waals surface area contributed by atoms with Crippen molar-refractivity contribution in [1.29, 1.82) is 0 Å². The third-order valence-electron chi connectivity index (χ3n) is 3.97. The van der Waals surface area contributed by atoms with Gasteiger partial charge >= 0.3 is 0 Å². The second-order valence-electron chi connectivity index (χ2n) is 6.95. The number of carbonyl (C=O) groups is 1. The number of aliphatic imine (C=N–C) groups is 1. The topological polar surface area (TPSA) is 29.4 Å². The predicted octanol–water partition coefficient (Wildman–Crippen LogP) is 6.75. The highest BCUT2D eigenvalue weighted by Gasteiger charge is 2.34. The number of benzene rings is 1. The van der Waals surface area contributed by atoms with E-state index in [4.69, 9.17) is 4.99 Å². The number of thioether (sulfide) groups is 2. The average molecular weight is 368 g/mol. The number of hydrogen-bond donors (Lipinski definition) is 0. The Morgan fingerprint density at radius 1 is 1.08 bits per heavy atom. The van der Waals surface area contributed by atoms with Crippen molar-refractivity contribution < 1.29 is 4.79 Å². The quantitative estimate of drug-likeness (QED) is 0.435. The first kappa shape index (κ1) is 23.3. The fourth-order valence-electron chi connectivity index (χ4n) is 1.62. The van der Waals surface area contributed by atoms with Gasteiger partial charge in [-0.1, -0.05) is 64.6 Å². The lowest BCUT2D eigenvalue weighted by atomic mass is 9.83. The molecule has 0 N–H and O–H groups in total. The lowest BCUT2D eigenvalue weighted by Crippen LogP contribution is -2.34. The van der Waals surface area contributed by atoms with Gasteiger partial charge in [-0.3, -0.25) is 4.79 Å². The van der Waals surface area contributed by atoms with E-state index in [1.165, 1.54) is 0 Å². The minimum Gasteiger partial charge on any atom is -0.300 e. The van der Waals surface area contributed by atoms with Crippen LogP contribution >= 0.6 is 23.5 Å². The van der Waals surface area contributed by atoms with Crippen molar-refractivity contribution in [3.8, 4) is 0 Å². The number of rotatable bonds is 4. The Morgan fingerprint density at radius 2 is 1.62 bits per heavy atom. The third kappa shape index (κ3) is 7.43. The van der Waals surface area contributed by atoms with Crippen molar-refractivity contribution >= 4 is 39.4 Å². The molecule has 0 aliphatic rings. The summed E-state index contributed by atoms with van der Waals surface area (Å²) >= 11 is 3.47. The zero-order valence-electron chi connectivity index (χ0n) is 16.7. The molecule has 0 heterocycles. The number of Topliss-reactive ketones (excluding diaryl/α,β-unsaturated/α-hetero) is 1. The van der Waals surface area contributed by atoms with E-state index < -0.39 is 0 Å². The van der Waals surface area contributed by atoms with Gasteiger partial charge in [0.05, 0.1) is 5.69 Å². The van der Waals surface area contributed by atoms with Crippen LogP contribution < -0.4 is 0 Å². The van der Waals surface area contributed by atoms with Gasteiger partial charge in [-0.05, 0) is 44.1 Å². The molecule has 0 saturated carbocycles. The first-order valence-corrected chi connectivity index (χ1v) is 10.5. The summed E-state index contributed by atoms with van der Waals surface area (Å²) in [6.45, 7) is 16.9. The van der Waals surface area contributed by atoms with Crippen molar-refractivity contribution in [2.45, 2.75) is 66.6 Å². The molecule has 0 unspecified atom stereocenters. The smallest absolute Gasteiger partial charge is 0.134 e. The first-order valence-electron chi connectivity index (χ1n) is 8.46. The Hall–Kier alpha value is -0.740. The highest BCUT2D eigenvalue weighted by molar-refractivity contribution is 8.39. The summed E-state index contributed by atoms with van der Waals surface area (Å²) in [6, 6.07) is 7.90. The SMILES string of the molecule is CC.CSC(=Nc1ccccc1CC(C)=O)SC(C)(C)C(C)(C)C. The third-order valence-corrected chi connectivity index (χ3v) is 6.55. The van der Waals surface area contributed by atoms with Gasteiger partial charge in [-0.15, -0.1) is 11.8 Å². The molecule has 0 bridgehead atoms. The number of ketones is 1. The summed E-state index contributed by atoms with van der Waals surface area (Å²) in [5, 5.41) is 0. The van der Waals surface area contributed by atoms with E-state index >= 15 is 0 Å². The van der Waals surface area contributed by atoms with Gasteiger partial charge in [0.25, 0.3) is 0 Å². The molecule has 0 radical (unpaired) electrons. The molecule has 24 heavy (non-hydrogen) atoms. The van der Waals surface area contributed by atoms with Crippen molar-refractivity contribution in [2.75, 3.05) is 6.26 Å². The molecule has 0 amide bonds. The van der Waals surface area contributed by atoms with Crippen LogP contribution in [-0.2, 0) is 11.2 Å². The molecule has 136 valence electrons. The maximum Gasteiger partial charge on any atom is 0.134 e. The maximum atomic E-state index is 11.4. The molecule has 2 nitrogen and oxygen atoms in total. The Morgan fingerprint density at radius 3 is 2.08 bits per heavy atom. The van der Waals surface area contributed by atoms with E-state index in [1.54, 1.807) is 30.4 Å². The van der Waals surface area contributed by atoms with Crippen LogP contribution in [0.2, 0.25) is 0 Å². The highest BCUT2D eigenvalue weighted by Crippen LogP contribution is 2.44. The Balaban J connectivity index is 0.00000254. The van der Waals surface area contributed by atoms with Crippen LogP contribution in [0, 0.1) is 5.41 Å². The van der Waals surface area contributed by atoms with Gasteiger partial charge in [0.15, 0.2) is 0 Å². The molecule has 0 aromatic heterocycles. The zero-order chi connectivity index (χ0) is 19.0. The van der Waals surface area contributed by atoms with Crippen molar-refractivity contribution in [3.63, 3.8) is 0 Å². The van der Waals surface area contributed by atoms with Gasteiger partial charge in [-0.25, -0.2) is 4.99 Å². The largest absolute Gasteiger partial charge is 0.300 e. The van der Waals surface area contributed by atoms with Crippen molar-refractivity contribution in [1.82, 2.24) is 0 Å². The van der Waals surface area contributed by atoms with Crippen LogP contribution in [0.5, 0.6) is 0 Å². The zero-order valence-corrected chi connectivity index (χ0v) is 18.3. The molecule has 0 atom stereocenters. The Kier molecular flexibility index (Phi) is 9.98. The van der Waals surface area contributed by atoms with Crippen molar-refractivity contribution in [2.24, 2.45) is 10.4 Å². The van der Waals surface area contributed by atoms with Gasteiger partial charge in [0.2, 0.25) is 0 Å². The second-order valence-corrected chi connectivity index (χ2v) is 9.62. The van der Waals surface area contributed by atoms with E-state index in [0.717, 1.165) is 15.6 Å². The molecule has 0 spiro atoms. The van der Waals surface area contributed by atoms with Crippen LogP contribution in [0.25, 0.3) is 0 Å². The fraction of sp³-hybridized carbons (Fsp3) is 0.600. The Labute approximate surface area is 157 Å². The van der Waals surface area contributed by atoms with E-state index in [1.807, 2.05) is 38.1 Å². The summed E-state index contributed by atoms with van der Waals surface area (Å²) in [5.74, 6) is 0.163. The minimum absolute atomic E-state index is 0.0738. The van der Waals surface area contributed by atoms with Crippen LogP contribution in [0.15, 0.2) is 29.3 Å². The molecule has 1 aromatic rings. The van der Waals surface area contributed by atoms with Gasteiger partial charge in [-0.2, -0.15) is 0 Å². The Bertz CT molecular complexity index is 557. The van der Waals surface area contributed by atoms with Crippen LogP contribution in [0.4, 0.5) is 5.69 Å². The summed E-state index contributed by atoms with van der Waals surface area (Å²) < 4.78 is 1.11. The summed E-state index contributed by atoms with van der Waals surface area (Å²) in [6.07, 6.45) is 2.49. The predicted molar refractivity (Wildman–Crippen MR) is 114 cm³/mol. The lowest BCUT2D eigenvalue weighted by Gasteiger charge is -2.38. The molecule has 1 aromatic carbocycles. The standard InChI is InChI=1S/C18H27NOS2.C2H6/c1-13(20)12-14-10-8-9-11-15(14)19-16(21-7)22-18(5,6)17(2,3)4;1-2/h8-11H,12H2,1-7H3;1-2H3.